The summed E-state index contributed by atoms with van der Waals surface area (Å²) >= 11 is 2.94. The molecule has 2 fully saturated rings. The maximum atomic E-state index is 2.94. The fourth-order valence-electron chi connectivity index (χ4n) is 4.26. The standard InChI is InChI=1S/C22H25N.CH3Br/c1-3-9-18(10-4-1)22(19-11-5-2-6-12-19)20-14-16-23-15-8-7-13-21(23)17-20;1-2/h1-6,9-12,21H,7-8,13-17H2;1H3. The van der Waals surface area contributed by atoms with Crippen LogP contribution in [-0.4, -0.2) is 29.9 Å². The topological polar surface area (TPSA) is 3.24 Å². The molecule has 0 radical (unpaired) electrons. The van der Waals surface area contributed by atoms with Crippen molar-refractivity contribution in [2.45, 2.75) is 38.1 Å². The summed E-state index contributed by atoms with van der Waals surface area (Å²) in [5.74, 6) is 1.81. The van der Waals surface area contributed by atoms with Crippen LogP contribution in [0.4, 0.5) is 0 Å². The van der Waals surface area contributed by atoms with Crippen molar-refractivity contribution in [2.75, 3.05) is 18.9 Å². The van der Waals surface area contributed by atoms with Crippen molar-refractivity contribution in [3.8, 4) is 0 Å². The lowest BCUT2D eigenvalue weighted by Gasteiger charge is -2.41. The first kappa shape index (κ1) is 18.4. The molecule has 2 aromatic rings. The first-order valence-corrected chi connectivity index (χ1v) is 10.9. The summed E-state index contributed by atoms with van der Waals surface area (Å²) in [5, 5.41) is 0. The van der Waals surface area contributed by atoms with Gasteiger partial charge in [-0.25, -0.2) is 0 Å². The van der Waals surface area contributed by atoms with Crippen LogP contribution in [0.5, 0.6) is 0 Å². The first-order valence-electron chi connectivity index (χ1n) is 9.36. The molecule has 2 aliphatic heterocycles. The van der Waals surface area contributed by atoms with Gasteiger partial charge in [-0.2, -0.15) is 0 Å². The summed E-state index contributed by atoms with van der Waals surface area (Å²) in [4.78, 5) is 2.72. The number of alkyl halides is 1. The molecule has 2 heterocycles. The van der Waals surface area contributed by atoms with Gasteiger partial charge in [0.2, 0.25) is 0 Å². The second-order valence-corrected chi connectivity index (χ2v) is 6.85. The number of rotatable bonds is 2. The van der Waals surface area contributed by atoms with Gasteiger partial charge < -0.3 is 0 Å². The molecule has 0 amide bonds. The number of piperidine rings is 2. The van der Waals surface area contributed by atoms with E-state index in [-0.39, 0.29) is 0 Å². The minimum atomic E-state index is 0.773. The van der Waals surface area contributed by atoms with Gasteiger partial charge in [0.1, 0.15) is 0 Å². The third-order valence-electron chi connectivity index (χ3n) is 5.41. The Bertz CT molecular complexity index is 636. The summed E-state index contributed by atoms with van der Waals surface area (Å²) in [5.41, 5.74) is 5.89. The van der Waals surface area contributed by atoms with Crippen molar-refractivity contribution in [2.24, 2.45) is 0 Å². The van der Waals surface area contributed by atoms with Gasteiger partial charge in [0, 0.05) is 12.6 Å². The molecule has 0 saturated carbocycles. The number of nitrogens with zero attached hydrogens (tertiary/aromatic N) is 1. The predicted molar refractivity (Wildman–Crippen MR) is 112 cm³/mol. The zero-order chi connectivity index (χ0) is 17.5. The van der Waals surface area contributed by atoms with Gasteiger partial charge in [0.25, 0.3) is 0 Å². The zero-order valence-electron chi connectivity index (χ0n) is 15.1. The molecule has 0 aromatic heterocycles. The summed E-state index contributed by atoms with van der Waals surface area (Å²) in [6, 6.07) is 22.7. The largest absolute Gasteiger partial charge is 0.300 e. The highest BCUT2D eigenvalue weighted by Gasteiger charge is 2.28. The number of hydrogen-bond donors (Lipinski definition) is 0. The lowest BCUT2D eigenvalue weighted by molar-refractivity contribution is 0.130. The lowest BCUT2D eigenvalue weighted by atomic mass is 9.83. The van der Waals surface area contributed by atoms with Crippen LogP contribution in [-0.2, 0) is 0 Å². The molecule has 132 valence electrons. The summed E-state index contributed by atoms with van der Waals surface area (Å²) in [6.45, 7) is 2.55. The van der Waals surface area contributed by atoms with Crippen LogP contribution in [0.2, 0.25) is 0 Å². The van der Waals surface area contributed by atoms with Crippen LogP contribution in [0.3, 0.4) is 0 Å². The van der Waals surface area contributed by atoms with Crippen molar-refractivity contribution < 1.29 is 0 Å². The Balaban J connectivity index is 0.000000880. The second kappa shape index (κ2) is 9.35. The Morgan fingerprint density at radius 2 is 1.44 bits per heavy atom. The molecule has 1 nitrogen and oxygen atoms in total. The Morgan fingerprint density at radius 1 is 0.840 bits per heavy atom. The minimum absolute atomic E-state index is 0.773. The van der Waals surface area contributed by atoms with Gasteiger partial charge in [0.15, 0.2) is 0 Å². The third kappa shape index (κ3) is 4.43. The summed E-state index contributed by atoms with van der Waals surface area (Å²) in [7, 11) is 0. The maximum Gasteiger partial charge on any atom is 0.0133 e. The van der Waals surface area contributed by atoms with E-state index in [1.807, 2.05) is 5.83 Å². The maximum absolute atomic E-state index is 2.94. The van der Waals surface area contributed by atoms with Crippen molar-refractivity contribution in [3.05, 3.63) is 77.4 Å². The molecule has 0 spiro atoms. The quantitative estimate of drug-likeness (QED) is 0.549. The van der Waals surface area contributed by atoms with Crippen LogP contribution in [0.15, 0.2) is 66.2 Å². The van der Waals surface area contributed by atoms with Gasteiger partial charge in [-0.15, -0.1) is 0 Å². The first-order chi connectivity index (χ1) is 12.4. The Morgan fingerprint density at radius 3 is 2.04 bits per heavy atom. The van der Waals surface area contributed by atoms with E-state index in [0.717, 1.165) is 6.04 Å². The van der Waals surface area contributed by atoms with Gasteiger partial charge in [-0.3, -0.25) is 4.90 Å². The number of fused-ring (bicyclic) bond motifs is 1. The van der Waals surface area contributed by atoms with E-state index in [2.05, 4.69) is 81.5 Å². The van der Waals surface area contributed by atoms with E-state index >= 15 is 0 Å². The third-order valence-corrected chi connectivity index (χ3v) is 5.41. The summed E-state index contributed by atoms with van der Waals surface area (Å²) < 4.78 is 0. The molecule has 0 aliphatic carbocycles. The van der Waals surface area contributed by atoms with E-state index in [1.165, 1.54) is 61.9 Å². The second-order valence-electron chi connectivity index (χ2n) is 6.85. The van der Waals surface area contributed by atoms with Crippen molar-refractivity contribution in [1.29, 1.82) is 0 Å². The molecule has 2 saturated heterocycles. The zero-order valence-corrected chi connectivity index (χ0v) is 16.7. The van der Waals surface area contributed by atoms with Gasteiger partial charge in [-0.05, 0) is 54.8 Å². The van der Waals surface area contributed by atoms with Gasteiger partial charge >= 0.3 is 0 Å². The van der Waals surface area contributed by atoms with E-state index in [4.69, 9.17) is 0 Å². The molecule has 2 aliphatic rings. The summed E-state index contributed by atoms with van der Waals surface area (Å²) in [6.07, 6.45) is 6.63. The Hall–Kier alpha value is -1.38. The normalized spacial score (nSPS) is 20.2. The van der Waals surface area contributed by atoms with Crippen molar-refractivity contribution >= 4 is 21.5 Å². The minimum Gasteiger partial charge on any atom is -0.300 e. The molecule has 0 N–H and O–H groups in total. The molecular weight excluding hydrogens is 370 g/mol. The van der Waals surface area contributed by atoms with Crippen LogP contribution in [0.25, 0.3) is 5.57 Å². The Kier molecular flexibility index (Phi) is 6.89. The van der Waals surface area contributed by atoms with E-state index in [1.54, 1.807) is 5.57 Å². The number of hydrogen-bond acceptors (Lipinski definition) is 1. The average Bonchev–Trinajstić information content (AvgIpc) is 2.71. The molecule has 25 heavy (non-hydrogen) atoms. The van der Waals surface area contributed by atoms with E-state index in [9.17, 15) is 0 Å². The molecule has 0 bridgehead atoms. The Labute approximate surface area is 160 Å². The van der Waals surface area contributed by atoms with E-state index < -0.39 is 0 Å². The fraction of sp³-hybridized carbons (Fsp3) is 0.391. The van der Waals surface area contributed by atoms with E-state index in [0.29, 0.717) is 0 Å². The van der Waals surface area contributed by atoms with Crippen LogP contribution >= 0.6 is 15.9 Å². The molecule has 4 rings (SSSR count). The molecule has 2 aromatic carbocycles. The molecule has 1 atom stereocenters. The van der Waals surface area contributed by atoms with Crippen LogP contribution in [0.1, 0.15) is 43.2 Å². The van der Waals surface area contributed by atoms with Crippen molar-refractivity contribution in [1.82, 2.24) is 4.90 Å². The monoisotopic (exact) mass is 397 g/mol. The fourth-order valence-corrected chi connectivity index (χ4v) is 4.26. The van der Waals surface area contributed by atoms with Crippen LogP contribution < -0.4 is 0 Å². The SMILES string of the molecule is CBr.c1ccc(C(=C2CCN3CCCCC3C2)c2ccccc2)cc1. The predicted octanol–water partition coefficient (Wildman–Crippen LogP) is 6.15. The highest BCUT2D eigenvalue weighted by Crippen LogP contribution is 2.36. The highest BCUT2D eigenvalue weighted by molar-refractivity contribution is 9.08. The molecule has 2 heteroatoms. The molecular formula is C23H28BrN. The number of benzene rings is 2. The lowest BCUT2D eigenvalue weighted by Crippen LogP contribution is -2.43. The highest BCUT2D eigenvalue weighted by atomic mass is 79.9. The van der Waals surface area contributed by atoms with Crippen LogP contribution in [0, 0.1) is 0 Å². The van der Waals surface area contributed by atoms with Crippen molar-refractivity contribution in [3.63, 3.8) is 0 Å². The van der Waals surface area contributed by atoms with Gasteiger partial charge in [-0.1, -0.05) is 88.6 Å². The van der Waals surface area contributed by atoms with Gasteiger partial charge in [0.05, 0.1) is 0 Å². The molecule has 1 unspecified atom stereocenters. The smallest absolute Gasteiger partial charge is 0.0133 e. The number of halogens is 1. The average molecular weight is 398 g/mol.